The highest BCUT2D eigenvalue weighted by Crippen LogP contribution is 2.39. The summed E-state index contributed by atoms with van der Waals surface area (Å²) in [5.41, 5.74) is -2.48. The van der Waals surface area contributed by atoms with E-state index < -0.39 is 29.4 Å². The molecule has 1 aliphatic rings. The number of hydrogen-bond acceptors (Lipinski definition) is 2. The minimum absolute atomic E-state index is 0.0246. The van der Waals surface area contributed by atoms with Crippen LogP contribution in [0, 0.1) is 0 Å². The van der Waals surface area contributed by atoms with E-state index in [9.17, 15) is 31.1 Å². The molecule has 2 heterocycles. The molecule has 0 saturated heterocycles. The van der Waals surface area contributed by atoms with Gasteiger partial charge in [-0.05, 0) is 36.6 Å². The molecule has 0 radical (unpaired) electrons. The minimum Gasteiger partial charge on any atom is -0.351 e. The van der Waals surface area contributed by atoms with Crippen molar-refractivity contribution in [1.82, 2.24) is 14.9 Å². The average molecular weight is 419 g/mol. The first-order valence-corrected chi connectivity index (χ1v) is 9.12. The number of carbonyl (C=O) groups is 1. The topological polar surface area (TPSA) is 46.9 Å². The second-order valence-corrected chi connectivity index (χ2v) is 7.03. The first-order valence-electron chi connectivity index (χ1n) is 9.12. The summed E-state index contributed by atoms with van der Waals surface area (Å²) in [4.78, 5) is 16.3. The van der Waals surface area contributed by atoms with Gasteiger partial charge >= 0.3 is 12.4 Å². The van der Waals surface area contributed by atoms with Crippen LogP contribution >= 0.6 is 0 Å². The molecular weight excluding hydrogens is 400 g/mol. The molecule has 0 spiro atoms. The Balaban J connectivity index is 1.90. The summed E-state index contributed by atoms with van der Waals surface area (Å²) in [6.45, 7) is 2.53. The Morgan fingerprint density at radius 2 is 1.76 bits per heavy atom. The van der Waals surface area contributed by atoms with Crippen LogP contribution in [0.25, 0.3) is 0 Å². The maximum absolute atomic E-state index is 13.1. The van der Waals surface area contributed by atoms with Crippen LogP contribution in [0.4, 0.5) is 26.3 Å². The number of aryl methyl sites for hydroxylation is 1. The average Bonchev–Trinajstić information content (AvgIpc) is 3.07. The van der Waals surface area contributed by atoms with E-state index in [0.717, 1.165) is 18.6 Å². The first-order chi connectivity index (χ1) is 13.5. The van der Waals surface area contributed by atoms with Crippen molar-refractivity contribution in [3.63, 3.8) is 0 Å². The monoisotopic (exact) mass is 419 g/mol. The molecule has 0 bridgehead atoms. The number of fused-ring (bicyclic) bond motifs is 1. The van der Waals surface area contributed by atoms with Gasteiger partial charge in [0.1, 0.15) is 11.5 Å². The van der Waals surface area contributed by atoms with E-state index >= 15 is 0 Å². The van der Waals surface area contributed by atoms with Crippen LogP contribution in [0.15, 0.2) is 24.4 Å². The summed E-state index contributed by atoms with van der Waals surface area (Å²) >= 11 is 0. The van der Waals surface area contributed by atoms with Crippen LogP contribution in [-0.2, 0) is 25.3 Å². The van der Waals surface area contributed by atoms with Crippen molar-refractivity contribution >= 4 is 5.91 Å². The predicted octanol–water partition coefficient (Wildman–Crippen LogP) is 4.79. The number of hydrogen-bond donors (Lipinski definition) is 1. The summed E-state index contributed by atoms with van der Waals surface area (Å²) in [5, 5.41) is 2.68. The molecule has 0 aliphatic carbocycles. The predicted molar refractivity (Wildman–Crippen MR) is 92.4 cm³/mol. The highest BCUT2D eigenvalue weighted by molar-refractivity contribution is 5.92. The molecule has 29 heavy (non-hydrogen) atoms. The lowest BCUT2D eigenvalue weighted by molar-refractivity contribution is -0.143. The number of nitrogens with one attached hydrogen (secondary N) is 1. The molecule has 1 aliphatic heterocycles. The van der Waals surface area contributed by atoms with Crippen molar-refractivity contribution in [2.45, 2.75) is 51.0 Å². The number of halogens is 6. The molecule has 1 unspecified atom stereocenters. The van der Waals surface area contributed by atoms with E-state index in [1.165, 1.54) is 6.20 Å². The molecule has 3 rings (SSSR count). The van der Waals surface area contributed by atoms with E-state index in [-0.39, 0.29) is 29.8 Å². The normalized spacial score (nSPS) is 17.1. The van der Waals surface area contributed by atoms with Gasteiger partial charge in [0.25, 0.3) is 5.91 Å². The van der Waals surface area contributed by atoms with Gasteiger partial charge in [0, 0.05) is 31.6 Å². The summed E-state index contributed by atoms with van der Waals surface area (Å²) in [7, 11) is 0. The summed E-state index contributed by atoms with van der Waals surface area (Å²) < 4.78 is 80.3. The Morgan fingerprint density at radius 3 is 2.31 bits per heavy atom. The molecule has 2 aromatic rings. The van der Waals surface area contributed by atoms with Crippen molar-refractivity contribution in [2.75, 3.05) is 6.54 Å². The maximum Gasteiger partial charge on any atom is 0.416 e. The molecule has 1 aromatic carbocycles. The van der Waals surface area contributed by atoms with Crippen LogP contribution in [0.3, 0.4) is 0 Å². The van der Waals surface area contributed by atoms with Crippen molar-refractivity contribution in [3.05, 3.63) is 52.6 Å². The first kappa shape index (κ1) is 21.2. The van der Waals surface area contributed by atoms with Crippen molar-refractivity contribution in [3.8, 4) is 0 Å². The van der Waals surface area contributed by atoms with Crippen molar-refractivity contribution in [2.24, 2.45) is 0 Å². The van der Waals surface area contributed by atoms with Crippen LogP contribution in [0.5, 0.6) is 0 Å². The molecule has 10 heteroatoms. The number of alkyl halides is 6. The van der Waals surface area contributed by atoms with E-state index in [1.807, 2.05) is 6.92 Å². The Labute approximate surface area is 162 Å². The minimum atomic E-state index is -4.88. The number of imidazole rings is 1. The Bertz CT molecular complexity index is 868. The van der Waals surface area contributed by atoms with E-state index in [4.69, 9.17) is 0 Å². The molecule has 1 amide bonds. The number of aromatic nitrogens is 2. The zero-order valence-electron chi connectivity index (χ0n) is 15.5. The Hall–Kier alpha value is -2.52. The fourth-order valence-corrected chi connectivity index (χ4v) is 3.37. The number of carbonyl (C=O) groups excluding carboxylic acids is 1. The van der Waals surface area contributed by atoms with Crippen molar-refractivity contribution < 1.29 is 31.1 Å². The molecule has 1 atom stereocenters. The van der Waals surface area contributed by atoms with Gasteiger partial charge in [-0.25, -0.2) is 4.98 Å². The highest BCUT2D eigenvalue weighted by atomic mass is 19.4. The lowest BCUT2D eigenvalue weighted by Crippen LogP contribution is -2.24. The largest absolute Gasteiger partial charge is 0.416 e. The Kier molecular flexibility index (Phi) is 5.64. The van der Waals surface area contributed by atoms with Gasteiger partial charge in [0.2, 0.25) is 0 Å². The number of rotatable bonds is 4. The quantitative estimate of drug-likeness (QED) is 0.725. The molecule has 1 N–H and O–H groups in total. The van der Waals surface area contributed by atoms with Crippen LogP contribution in [0.2, 0.25) is 0 Å². The second-order valence-electron chi connectivity index (χ2n) is 7.03. The summed E-state index contributed by atoms with van der Waals surface area (Å²) in [6.07, 6.45) is -6.83. The SMILES string of the molecule is CCCNC(=O)c1cn2c(n1)CCC(c1cc(C(F)(F)F)cc(C(F)(F)F)c1)C2. The van der Waals surface area contributed by atoms with Gasteiger partial charge in [0.15, 0.2) is 0 Å². The van der Waals surface area contributed by atoms with Crippen molar-refractivity contribution in [1.29, 1.82) is 0 Å². The molecule has 158 valence electrons. The van der Waals surface area contributed by atoms with Crippen LogP contribution in [0.1, 0.15) is 58.7 Å². The van der Waals surface area contributed by atoms with Gasteiger partial charge in [-0.2, -0.15) is 26.3 Å². The Morgan fingerprint density at radius 1 is 1.14 bits per heavy atom. The molecule has 1 aromatic heterocycles. The third-order valence-electron chi connectivity index (χ3n) is 4.84. The lowest BCUT2D eigenvalue weighted by Gasteiger charge is -2.25. The zero-order valence-corrected chi connectivity index (χ0v) is 15.5. The van der Waals surface area contributed by atoms with Gasteiger partial charge < -0.3 is 9.88 Å². The summed E-state index contributed by atoms with van der Waals surface area (Å²) in [6, 6.07) is 1.68. The van der Waals surface area contributed by atoms with Gasteiger partial charge in [-0.15, -0.1) is 0 Å². The van der Waals surface area contributed by atoms with E-state index in [0.29, 0.717) is 25.2 Å². The number of amides is 1. The van der Waals surface area contributed by atoms with Crippen LogP contribution in [-0.4, -0.2) is 22.0 Å². The van der Waals surface area contributed by atoms with E-state index in [2.05, 4.69) is 10.3 Å². The standard InChI is InChI=1S/C19H19F6N3O/c1-2-5-26-17(29)15-10-28-9-11(3-4-16(28)27-15)12-6-13(18(20,21)22)8-14(7-12)19(23,24)25/h6-8,10-11H,2-5,9H2,1H3,(H,26,29). The highest BCUT2D eigenvalue weighted by Gasteiger charge is 2.38. The fourth-order valence-electron chi connectivity index (χ4n) is 3.37. The fraction of sp³-hybridized carbons (Fsp3) is 0.474. The van der Waals surface area contributed by atoms with Gasteiger partial charge in [0.05, 0.1) is 11.1 Å². The maximum atomic E-state index is 13.1. The molecule has 0 fully saturated rings. The third-order valence-corrected chi connectivity index (χ3v) is 4.84. The lowest BCUT2D eigenvalue weighted by atomic mass is 9.89. The zero-order chi connectivity index (χ0) is 21.4. The second kappa shape index (κ2) is 7.72. The smallest absolute Gasteiger partial charge is 0.351 e. The molecular formula is C19H19F6N3O. The number of benzene rings is 1. The third kappa shape index (κ3) is 4.73. The molecule has 0 saturated carbocycles. The molecule has 4 nitrogen and oxygen atoms in total. The van der Waals surface area contributed by atoms with Gasteiger partial charge in [-0.1, -0.05) is 6.92 Å². The van der Waals surface area contributed by atoms with Crippen LogP contribution < -0.4 is 5.32 Å². The van der Waals surface area contributed by atoms with E-state index in [1.54, 1.807) is 4.57 Å². The number of nitrogens with zero attached hydrogens (tertiary/aromatic N) is 2. The van der Waals surface area contributed by atoms with Gasteiger partial charge in [-0.3, -0.25) is 4.79 Å². The summed E-state index contributed by atoms with van der Waals surface area (Å²) in [5.74, 6) is -0.318.